The van der Waals surface area contributed by atoms with Crippen LogP contribution in [0, 0.1) is 0 Å². The van der Waals surface area contributed by atoms with Gasteiger partial charge in [-0.05, 0) is 58.7 Å². The molecule has 154 valence electrons. The highest BCUT2D eigenvalue weighted by molar-refractivity contribution is 5.83. The second-order valence-electron chi connectivity index (χ2n) is 9.47. The number of hydrogen-bond acceptors (Lipinski definition) is 7. The monoisotopic (exact) mass is 396 g/mol. The number of esters is 1. The molecule has 3 heterocycles. The SMILES string of the molecule is CN(c1ccc(-c2cc3c(cc2O)OC(=O)C3)nn1)C1CC(C)(C)NC(C)(C)C1. The molecular weight excluding hydrogens is 368 g/mol. The number of anilines is 1. The van der Waals surface area contributed by atoms with Gasteiger partial charge in [0.1, 0.15) is 11.5 Å². The highest BCUT2D eigenvalue weighted by Crippen LogP contribution is 2.38. The zero-order valence-electron chi connectivity index (χ0n) is 17.6. The molecule has 0 atom stereocenters. The fourth-order valence-electron chi connectivity index (χ4n) is 4.75. The molecule has 0 radical (unpaired) electrons. The van der Waals surface area contributed by atoms with Gasteiger partial charge in [0.25, 0.3) is 0 Å². The molecule has 1 aromatic heterocycles. The molecule has 0 spiro atoms. The van der Waals surface area contributed by atoms with E-state index in [9.17, 15) is 9.90 Å². The average Bonchev–Trinajstić information content (AvgIpc) is 2.97. The van der Waals surface area contributed by atoms with Crippen LogP contribution in [0.5, 0.6) is 11.5 Å². The summed E-state index contributed by atoms with van der Waals surface area (Å²) in [6.07, 6.45) is 2.23. The van der Waals surface area contributed by atoms with Gasteiger partial charge >= 0.3 is 5.97 Å². The van der Waals surface area contributed by atoms with Crippen LogP contribution in [0.15, 0.2) is 24.3 Å². The van der Waals surface area contributed by atoms with Gasteiger partial charge < -0.3 is 20.1 Å². The van der Waals surface area contributed by atoms with Crippen molar-refractivity contribution < 1.29 is 14.6 Å². The van der Waals surface area contributed by atoms with E-state index in [1.165, 1.54) is 6.07 Å². The molecule has 1 fully saturated rings. The molecule has 2 aliphatic rings. The molecule has 0 amide bonds. The third-order valence-corrected chi connectivity index (χ3v) is 5.74. The lowest BCUT2D eigenvalue weighted by Gasteiger charge is -2.49. The van der Waals surface area contributed by atoms with E-state index in [1.54, 1.807) is 6.07 Å². The molecule has 1 saturated heterocycles. The normalized spacial score (nSPS) is 20.2. The first-order valence-corrected chi connectivity index (χ1v) is 9.96. The molecule has 2 aliphatic heterocycles. The number of ether oxygens (including phenoxy) is 1. The third kappa shape index (κ3) is 3.92. The predicted molar refractivity (Wildman–Crippen MR) is 111 cm³/mol. The van der Waals surface area contributed by atoms with Gasteiger partial charge in [-0.2, -0.15) is 0 Å². The number of fused-ring (bicyclic) bond motifs is 1. The van der Waals surface area contributed by atoms with Gasteiger partial charge in [-0.25, -0.2) is 0 Å². The van der Waals surface area contributed by atoms with E-state index < -0.39 is 0 Å². The molecule has 0 saturated carbocycles. The van der Waals surface area contributed by atoms with Crippen molar-refractivity contribution in [3.05, 3.63) is 29.8 Å². The largest absolute Gasteiger partial charge is 0.507 e. The summed E-state index contributed by atoms with van der Waals surface area (Å²) in [4.78, 5) is 13.7. The van der Waals surface area contributed by atoms with Crippen LogP contribution in [0.3, 0.4) is 0 Å². The number of phenols is 1. The summed E-state index contributed by atoms with van der Waals surface area (Å²) in [5, 5.41) is 22.8. The van der Waals surface area contributed by atoms with Gasteiger partial charge in [-0.1, -0.05) is 0 Å². The van der Waals surface area contributed by atoms with Gasteiger partial charge in [0, 0.05) is 41.4 Å². The molecule has 4 rings (SSSR count). The van der Waals surface area contributed by atoms with E-state index in [0.717, 1.165) is 24.2 Å². The Morgan fingerprint density at radius 3 is 2.45 bits per heavy atom. The van der Waals surface area contributed by atoms with Gasteiger partial charge in [-0.3, -0.25) is 4.79 Å². The standard InChI is InChI=1S/C22H28N4O3/c1-21(2)11-14(12-22(3,4)25-21)26(5)19-7-6-16(23-24-19)15-8-13-9-20(28)29-18(13)10-17(15)27/h6-8,10,14,25,27H,9,11-12H2,1-5H3. The topological polar surface area (TPSA) is 87.6 Å². The number of carbonyl (C=O) groups excluding carboxylic acids is 1. The van der Waals surface area contributed by atoms with Crippen molar-refractivity contribution >= 4 is 11.8 Å². The van der Waals surface area contributed by atoms with Crippen LogP contribution in [-0.4, -0.2) is 45.4 Å². The fraction of sp³-hybridized carbons (Fsp3) is 0.500. The van der Waals surface area contributed by atoms with E-state index in [1.807, 2.05) is 12.1 Å². The first-order valence-electron chi connectivity index (χ1n) is 9.96. The van der Waals surface area contributed by atoms with E-state index in [-0.39, 0.29) is 29.2 Å². The number of piperidine rings is 1. The van der Waals surface area contributed by atoms with Crippen molar-refractivity contribution in [3.63, 3.8) is 0 Å². The smallest absolute Gasteiger partial charge is 0.315 e. The van der Waals surface area contributed by atoms with E-state index >= 15 is 0 Å². The molecule has 2 N–H and O–H groups in total. The Kier molecular flexibility index (Phi) is 4.53. The Balaban J connectivity index is 1.57. The number of hydrogen-bond donors (Lipinski definition) is 2. The quantitative estimate of drug-likeness (QED) is 0.609. The Hall–Kier alpha value is -2.67. The van der Waals surface area contributed by atoms with Crippen molar-refractivity contribution in [2.75, 3.05) is 11.9 Å². The highest BCUT2D eigenvalue weighted by atomic mass is 16.5. The molecule has 7 nitrogen and oxygen atoms in total. The van der Waals surface area contributed by atoms with Crippen molar-refractivity contribution in [2.24, 2.45) is 0 Å². The molecular formula is C22H28N4O3. The lowest BCUT2D eigenvalue weighted by Crippen LogP contribution is -2.62. The molecule has 2 aromatic rings. The maximum Gasteiger partial charge on any atom is 0.315 e. The van der Waals surface area contributed by atoms with Crippen LogP contribution >= 0.6 is 0 Å². The highest BCUT2D eigenvalue weighted by Gasteiger charge is 2.39. The number of carbonyl (C=O) groups is 1. The Bertz CT molecular complexity index is 937. The summed E-state index contributed by atoms with van der Waals surface area (Å²) < 4.78 is 5.08. The Labute approximate surface area is 171 Å². The van der Waals surface area contributed by atoms with Gasteiger partial charge in [0.2, 0.25) is 0 Å². The molecule has 29 heavy (non-hydrogen) atoms. The van der Waals surface area contributed by atoms with Gasteiger partial charge in [0.15, 0.2) is 5.82 Å². The van der Waals surface area contributed by atoms with Crippen molar-refractivity contribution in [1.29, 1.82) is 0 Å². The average molecular weight is 396 g/mol. The summed E-state index contributed by atoms with van der Waals surface area (Å²) >= 11 is 0. The number of aromatic hydroxyl groups is 1. The first kappa shape index (κ1) is 19.6. The minimum atomic E-state index is -0.313. The number of aromatic nitrogens is 2. The van der Waals surface area contributed by atoms with Crippen LogP contribution in [0.4, 0.5) is 5.82 Å². The van der Waals surface area contributed by atoms with Crippen LogP contribution in [0.25, 0.3) is 11.3 Å². The van der Waals surface area contributed by atoms with Crippen LogP contribution in [0.1, 0.15) is 46.1 Å². The summed E-state index contributed by atoms with van der Waals surface area (Å²) in [6, 6.07) is 7.35. The van der Waals surface area contributed by atoms with Crippen molar-refractivity contribution in [2.45, 2.75) is 64.1 Å². The second kappa shape index (κ2) is 6.69. The number of nitrogens with zero attached hydrogens (tertiary/aromatic N) is 3. The molecule has 0 unspecified atom stereocenters. The minimum absolute atomic E-state index is 0.0238. The number of rotatable bonds is 3. The zero-order valence-corrected chi connectivity index (χ0v) is 17.6. The summed E-state index contributed by atoms with van der Waals surface area (Å²) in [6.45, 7) is 8.92. The van der Waals surface area contributed by atoms with Crippen molar-refractivity contribution in [3.8, 4) is 22.8 Å². The molecule has 1 aromatic carbocycles. The Morgan fingerprint density at radius 1 is 1.14 bits per heavy atom. The van der Waals surface area contributed by atoms with E-state index in [0.29, 0.717) is 23.0 Å². The third-order valence-electron chi connectivity index (χ3n) is 5.74. The number of nitrogens with one attached hydrogen (secondary N) is 1. The lowest BCUT2D eigenvalue weighted by molar-refractivity contribution is -0.131. The minimum Gasteiger partial charge on any atom is -0.507 e. The summed E-state index contributed by atoms with van der Waals surface area (Å²) in [5.41, 5.74) is 1.96. The lowest BCUT2D eigenvalue weighted by atomic mass is 9.79. The molecule has 0 aliphatic carbocycles. The van der Waals surface area contributed by atoms with Crippen LogP contribution in [0.2, 0.25) is 0 Å². The van der Waals surface area contributed by atoms with Crippen LogP contribution in [-0.2, 0) is 11.2 Å². The predicted octanol–water partition coefficient (Wildman–Crippen LogP) is 3.06. The maximum absolute atomic E-state index is 11.5. The fourth-order valence-corrected chi connectivity index (χ4v) is 4.75. The second-order valence-corrected chi connectivity index (χ2v) is 9.47. The van der Waals surface area contributed by atoms with Gasteiger partial charge in [0.05, 0.1) is 12.1 Å². The van der Waals surface area contributed by atoms with E-state index in [4.69, 9.17) is 4.74 Å². The van der Waals surface area contributed by atoms with Crippen LogP contribution < -0.4 is 15.0 Å². The summed E-state index contributed by atoms with van der Waals surface area (Å²) in [7, 11) is 2.06. The zero-order chi connectivity index (χ0) is 21.0. The van der Waals surface area contributed by atoms with Crippen molar-refractivity contribution in [1.82, 2.24) is 15.5 Å². The maximum atomic E-state index is 11.5. The molecule has 7 heteroatoms. The summed E-state index contributed by atoms with van der Waals surface area (Å²) in [5.74, 6) is 0.922. The number of benzene rings is 1. The Morgan fingerprint density at radius 2 is 1.83 bits per heavy atom. The first-order chi connectivity index (χ1) is 13.5. The number of phenolic OH excluding ortho intramolecular Hbond substituents is 1. The molecule has 0 bridgehead atoms. The van der Waals surface area contributed by atoms with E-state index in [2.05, 4.69) is 55.2 Å². The van der Waals surface area contributed by atoms with Gasteiger partial charge in [-0.15, -0.1) is 10.2 Å².